The molecular formula is C21H33N3O. The van der Waals surface area contributed by atoms with E-state index in [9.17, 15) is 4.79 Å². The molecule has 2 aliphatic rings. The molecule has 0 bridgehead atoms. The van der Waals surface area contributed by atoms with Crippen LogP contribution in [0.25, 0.3) is 0 Å². The van der Waals surface area contributed by atoms with Crippen molar-refractivity contribution in [1.82, 2.24) is 10.2 Å². The van der Waals surface area contributed by atoms with Crippen LogP contribution in [-0.4, -0.2) is 42.8 Å². The first kappa shape index (κ1) is 19.7. The fourth-order valence-corrected chi connectivity index (χ4v) is 4.02. The van der Waals surface area contributed by atoms with Crippen molar-refractivity contribution in [3.63, 3.8) is 0 Å². The van der Waals surface area contributed by atoms with Gasteiger partial charge in [0.2, 0.25) is 5.91 Å². The molecule has 1 aliphatic carbocycles. The van der Waals surface area contributed by atoms with Gasteiger partial charge in [-0.3, -0.25) is 9.79 Å². The summed E-state index contributed by atoms with van der Waals surface area (Å²) < 4.78 is 0. The highest BCUT2D eigenvalue weighted by molar-refractivity contribution is 6.06. The van der Waals surface area contributed by atoms with E-state index in [1.807, 2.05) is 6.92 Å². The number of carbonyl (C=O) groups is 1. The summed E-state index contributed by atoms with van der Waals surface area (Å²) in [4.78, 5) is 18.3. The van der Waals surface area contributed by atoms with Crippen LogP contribution in [0.15, 0.2) is 16.6 Å². The quantitative estimate of drug-likeness (QED) is 0.472. The number of carbonyl (C=O) groups excluding carboxylic acids is 1. The Hall–Kier alpha value is -1.60. The molecule has 1 saturated heterocycles. The molecule has 4 nitrogen and oxygen atoms in total. The first-order valence-electron chi connectivity index (χ1n) is 9.75. The molecule has 0 atom stereocenters. The summed E-state index contributed by atoms with van der Waals surface area (Å²) in [5.74, 6) is 4.50. The van der Waals surface area contributed by atoms with Crippen LogP contribution in [0, 0.1) is 24.2 Å². The van der Waals surface area contributed by atoms with Gasteiger partial charge in [0.25, 0.3) is 0 Å². The lowest BCUT2D eigenvalue weighted by atomic mass is 9.87. The molecule has 0 aromatic heterocycles. The van der Waals surface area contributed by atoms with Crippen LogP contribution < -0.4 is 5.32 Å². The molecule has 138 valence electrons. The minimum Gasteiger partial charge on any atom is -0.311 e. The second-order valence-electron chi connectivity index (χ2n) is 7.54. The number of amidine groups is 1. The zero-order chi connectivity index (χ0) is 18.1. The molecule has 0 radical (unpaired) electrons. The number of piperidine rings is 1. The van der Waals surface area contributed by atoms with E-state index in [4.69, 9.17) is 6.42 Å². The van der Waals surface area contributed by atoms with Gasteiger partial charge in [-0.2, -0.15) is 0 Å². The third-order valence-electron chi connectivity index (χ3n) is 5.36. The van der Waals surface area contributed by atoms with Gasteiger partial charge in [0.05, 0.1) is 0 Å². The van der Waals surface area contributed by atoms with Crippen molar-refractivity contribution in [2.24, 2.45) is 16.8 Å². The Bertz CT molecular complexity index is 530. The van der Waals surface area contributed by atoms with Gasteiger partial charge in [0.1, 0.15) is 12.4 Å². The standard InChI is InChI=1S/C21H33N3O/c1-4-12-22-21(23-18(3)25)17(2)15-19-10-13-24(14-11-19)16-20-8-6-5-7-9-20/h1,15,19-20H,5-14,16H2,2-3H3,(H,22,23,25). The molecule has 0 aromatic carbocycles. The van der Waals surface area contributed by atoms with Crippen molar-refractivity contribution in [3.8, 4) is 12.3 Å². The van der Waals surface area contributed by atoms with Crippen LogP contribution >= 0.6 is 0 Å². The molecule has 1 heterocycles. The predicted molar refractivity (Wildman–Crippen MR) is 104 cm³/mol. The van der Waals surface area contributed by atoms with Gasteiger partial charge in [-0.1, -0.05) is 31.3 Å². The van der Waals surface area contributed by atoms with Crippen molar-refractivity contribution >= 4 is 11.7 Å². The molecule has 0 spiro atoms. The number of amides is 1. The lowest BCUT2D eigenvalue weighted by Gasteiger charge is -2.34. The van der Waals surface area contributed by atoms with Gasteiger partial charge >= 0.3 is 0 Å². The largest absolute Gasteiger partial charge is 0.311 e. The summed E-state index contributed by atoms with van der Waals surface area (Å²) in [6.45, 7) is 7.46. The Labute approximate surface area is 153 Å². The van der Waals surface area contributed by atoms with Crippen molar-refractivity contribution in [1.29, 1.82) is 0 Å². The molecule has 2 rings (SSSR count). The van der Waals surface area contributed by atoms with Gasteiger partial charge in [-0.25, -0.2) is 0 Å². The number of nitrogens with zero attached hydrogens (tertiary/aromatic N) is 2. The van der Waals surface area contributed by atoms with Gasteiger partial charge in [-0.05, 0) is 63.1 Å². The van der Waals surface area contributed by atoms with Gasteiger partial charge < -0.3 is 10.2 Å². The summed E-state index contributed by atoms with van der Waals surface area (Å²) in [6.07, 6.45) is 17.0. The van der Waals surface area contributed by atoms with Crippen LogP contribution in [0.1, 0.15) is 58.8 Å². The Morgan fingerprint density at radius 2 is 1.88 bits per heavy atom. The molecule has 4 heteroatoms. The van der Waals surface area contributed by atoms with E-state index in [2.05, 4.69) is 27.2 Å². The first-order chi connectivity index (χ1) is 12.1. The number of nitrogens with one attached hydrogen (secondary N) is 1. The van der Waals surface area contributed by atoms with E-state index in [-0.39, 0.29) is 5.91 Å². The fraction of sp³-hybridized carbons (Fsp3) is 0.714. The van der Waals surface area contributed by atoms with Gasteiger partial charge in [0.15, 0.2) is 0 Å². The smallest absolute Gasteiger partial charge is 0.222 e. The third kappa shape index (κ3) is 7.04. The maximum absolute atomic E-state index is 11.4. The van der Waals surface area contributed by atoms with Crippen molar-refractivity contribution in [2.45, 2.75) is 58.8 Å². The van der Waals surface area contributed by atoms with Crippen molar-refractivity contribution < 1.29 is 4.79 Å². The third-order valence-corrected chi connectivity index (χ3v) is 5.36. The van der Waals surface area contributed by atoms with Crippen LogP contribution in [-0.2, 0) is 4.79 Å². The van der Waals surface area contributed by atoms with E-state index in [0.29, 0.717) is 18.3 Å². The van der Waals surface area contributed by atoms with E-state index in [0.717, 1.165) is 11.5 Å². The zero-order valence-corrected chi connectivity index (χ0v) is 15.9. The predicted octanol–water partition coefficient (Wildman–Crippen LogP) is 3.39. The molecule has 1 amide bonds. The number of rotatable bonds is 5. The minimum absolute atomic E-state index is 0.106. The highest BCUT2D eigenvalue weighted by Crippen LogP contribution is 2.27. The highest BCUT2D eigenvalue weighted by atomic mass is 16.1. The SMILES string of the molecule is C#CCN=C(NC(C)=O)C(C)=CC1CCN(CC2CCCCC2)CC1. The number of likely N-dealkylation sites (tertiary alicyclic amines) is 1. The second-order valence-corrected chi connectivity index (χ2v) is 7.54. The van der Waals surface area contributed by atoms with Crippen LogP contribution in [0.5, 0.6) is 0 Å². The highest BCUT2D eigenvalue weighted by Gasteiger charge is 2.22. The van der Waals surface area contributed by atoms with E-state index in [1.54, 1.807) is 0 Å². The molecule has 1 N–H and O–H groups in total. The minimum atomic E-state index is -0.106. The van der Waals surface area contributed by atoms with Crippen molar-refractivity contribution in [2.75, 3.05) is 26.2 Å². The molecule has 1 saturated carbocycles. The number of allylic oxidation sites excluding steroid dienone is 1. The van der Waals surface area contributed by atoms with Crippen LogP contribution in [0.3, 0.4) is 0 Å². The molecule has 0 unspecified atom stereocenters. The maximum Gasteiger partial charge on any atom is 0.222 e. The Morgan fingerprint density at radius 1 is 1.20 bits per heavy atom. The second kappa shape index (κ2) is 10.4. The normalized spacial score (nSPS) is 21.8. The Morgan fingerprint density at radius 3 is 2.48 bits per heavy atom. The Balaban J connectivity index is 1.84. The average Bonchev–Trinajstić information content (AvgIpc) is 2.61. The molecule has 2 fully saturated rings. The number of terminal acetylenes is 1. The Kier molecular flexibility index (Phi) is 8.21. The maximum atomic E-state index is 11.4. The summed E-state index contributed by atoms with van der Waals surface area (Å²) in [5, 5.41) is 2.80. The summed E-state index contributed by atoms with van der Waals surface area (Å²) >= 11 is 0. The van der Waals surface area contributed by atoms with E-state index >= 15 is 0 Å². The summed E-state index contributed by atoms with van der Waals surface area (Å²) in [6, 6.07) is 0. The molecule has 1 aliphatic heterocycles. The zero-order valence-electron chi connectivity index (χ0n) is 15.9. The monoisotopic (exact) mass is 343 g/mol. The first-order valence-corrected chi connectivity index (χ1v) is 9.75. The topological polar surface area (TPSA) is 44.7 Å². The number of hydrogen-bond acceptors (Lipinski definition) is 3. The van der Waals surface area contributed by atoms with Crippen LogP contribution in [0.2, 0.25) is 0 Å². The molecular weight excluding hydrogens is 310 g/mol. The van der Waals surface area contributed by atoms with Crippen molar-refractivity contribution in [3.05, 3.63) is 11.6 Å². The van der Waals surface area contributed by atoms with Crippen LogP contribution in [0.4, 0.5) is 0 Å². The summed E-state index contributed by atoms with van der Waals surface area (Å²) in [5.41, 5.74) is 1.02. The van der Waals surface area contributed by atoms with Gasteiger partial charge in [0, 0.05) is 13.5 Å². The molecule has 0 aromatic rings. The fourth-order valence-electron chi connectivity index (χ4n) is 4.02. The average molecular weight is 344 g/mol. The van der Waals surface area contributed by atoms with E-state index in [1.165, 1.54) is 71.5 Å². The van der Waals surface area contributed by atoms with Gasteiger partial charge in [-0.15, -0.1) is 6.42 Å². The lowest BCUT2D eigenvalue weighted by Crippen LogP contribution is -2.37. The van der Waals surface area contributed by atoms with E-state index < -0.39 is 0 Å². The number of aliphatic imine (C=N–C) groups is 1. The summed E-state index contributed by atoms with van der Waals surface area (Å²) in [7, 11) is 0. The molecule has 25 heavy (non-hydrogen) atoms. The number of hydrogen-bond donors (Lipinski definition) is 1. The lowest BCUT2D eigenvalue weighted by molar-refractivity contribution is -0.117.